The van der Waals surface area contributed by atoms with Gasteiger partial charge in [0.15, 0.2) is 0 Å². The topological polar surface area (TPSA) is 58.6 Å². The molecule has 5 heteroatoms. The smallest absolute Gasteiger partial charge is 0.323 e. The molecule has 0 radical (unpaired) electrons. The summed E-state index contributed by atoms with van der Waals surface area (Å²) in [4.78, 5) is 11.0. The van der Waals surface area contributed by atoms with E-state index < -0.39 is 6.10 Å². The fourth-order valence-corrected chi connectivity index (χ4v) is 1.14. The van der Waals surface area contributed by atoms with Gasteiger partial charge in [-0.05, 0) is 6.92 Å². The molecule has 0 saturated carbocycles. The number of esters is 1. The lowest BCUT2D eigenvalue weighted by molar-refractivity contribution is -0.145. The molecule has 0 bridgehead atoms. The van der Waals surface area contributed by atoms with E-state index in [1.807, 2.05) is 0 Å². The van der Waals surface area contributed by atoms with Crippen LogP contribution in [0, 0.1) is 0 Å². The molecule has 0 aliphatic carbocycles. The van der Waals surface area contributed by atoms with Crippen molar-refractivity contribution in [3.05, 3.63) is 0 Å². The van der Waals surface area contributed by atoms with Crippen molar-refractivity contribution >= 4 is 18.4 Å². The van der Waals surface area contributed by atoms with Gasteiger partial charge in [-0.15, -0.1) is 12.4 Å². The van der Waals surface area contributed by atoms with Crippen LogP contribution in [0.2, 0.25) is 0 Å². The molecule has 0 amide bonds. The highest BCUT2D eigenvalue weighted by Gasteiger charge is 2.28. The van der Waals surface area contributed by atoms with Crippen LogP contribution in [0.15, 0.2) is 0 Å². The maximum Gasteiger partial charge on any atom is 0.323 e. The number of ether oxygens (including phenoxy) is 1. The minimum Gasteiger partial charge on any atom is -0.465 e. The van der Waals surface area contributed by atoms with Crippen molar-refractivity contribution in [2.24, 2.45) is 0 Å². The first-order valence-corrected chi connectivity index (χ1v) is 3.82. The number of hydrogen-bond donors (Lipinski definition) is 2. The SMILES string of the molecule is CCOC(=O)[C@@H]1C[C@@H](O)CN1.Cl. The minimum atomic E-state index is -0.399. The number of halogens is 1. The monoisotopic (exact) mass is 195 g/mol. The molecule has 0 unspecified atom stereocenters. The van der Waals surface area contributed by atoms with E-state index in [1.165, 1.54) is 0 Å². The van der Waals surface area contributed by atoms with Crippen LogP contribution in [0.25, 0.3) is 0 Å². The molecule has 1 fully saturated rings. The van der Waals surface area contributed by atoms with Gasteiger partial charge in [0.2, 0.25) is 0 Å². The Morgan fingerprint density at radius 3 is 2.83 bits per heavy atom. The summed E-state index contributed by atoms with van der Waals surface area (Å²) in [5.74, 6) is -0.260. The van der Waals surface area contributed by atoms with E-state index in [-0.39, 0.29) is 24.4 Å². The van der Waals surface area contributed by atoms with Crippen LogP contribution in [-0.2, 0) is 9.53 Å². The summed E-state index contributed by atoms with van der Waals surface area (Å²) in [6, 6.07) is -0.301. The highest BCUT2D eigenvalue weighted by molar-refractivity contribution is 5.85. The van der Waals surface area contributed by atoms with E-state index in [9.17, 15) is 4.79 Å². The van der Waals surface area contributed by atoms with E-state index in [1.54, 1.807) is 6.92 Å². The summed E-state index contributed by atoms with van der Waals surface area (Å²) in [5.41, 5.74) is 0. The first-order chi connectivity index (χ1) is 5.24. The Morgan fingerprint density at radius 1 is 1.75 bits per heavy atom. The van der Waals surface area contributed by atoms with Gasteiger partial charge in [-0.2, -0.15) is 0 Å². The molecule has 2 N–H and O–H groups in total. The van der Waals surface area contributed by atoms with Crippen LogP contribution >= 0.6 is 12.4 Å². The Bertz CT molecular complexity index is 154. The van der Waals surface area contributed by atoms with Gasteiger partial charge in [-0.25, -0.2) is 0 Å². The normalized spacial score (nSPS) is 27.8. The predicted octanol–water partition coefficient (Wildman–Crippen LogP) is -0.306. The Kier molecular flexibility index (Phi) is 5.20. The highest BCUT2D eigenvalue weighted by atomic mass is 35.5. The van der Waals surface area contributed by atoms with E-state index in [0.717, 1.165) is 0 Å². The summed E-state index contributed by atoms with van der Waals surface area (Å²) < 4.78 is 4.76. The van der Waals surface area contributed by atoms with Gasteiger partial charge < -0.3 is 15.2 Å². The van der Waals surface area contributed by atoms with Crippen LogP contribution in [0.4, 0.5) is 0 Å². The molecule has 0 spiro atoms. The molecule has 1 saturated heterocycles. The second-order valence-electron chi connectivity index (χ2n) is 2.60. The number of aliphatic hydroxyl groups is 1. The quantitative estimate of drug-likeness (QED) is 0.594. The zero-order valence-electron chi connectivity index (χ0n) is 6.95. The summed E-state index contributed by atoms with van der Waals surface area (Å²) in [6.07, 6.45) is 0.0724. The van der Waals surface area contributed by atoms with Gasteiger partial charge in [0.05, 0.1) is 12.7 Å². The molecule has 1 heterocycles. The molecular formula is C7H14ClNO3. The second-order valence-corrected chi connectivity index (χ2v) is 2.60. The predicted molar refractivity (Wildman–Crippen MR) is 46.3 cm³/mol. The number of β-amino-alcohol motifs (C(OH)–C–C–N with tert-alkyl or cyclic N) is 1. The molecule has 0 aromatic heterocycles. The molecule has 1 aliphatic rings. The van der Waals surface area contributed by atoms with Gasteiger partial charge >= 0.3 is 5.97 Å². The van der Waals surface area contributed by atoms with Crippen molar-refractivity contribution in [3.8, 4) is 0 Å². The number of aliphatic hydroxyl groups excluding tert-OH is 1. The van der Waals surface area contributed by atoms with E-state index in [0.29, 0.717) is 19.6 Å². The fourth-order valence-electron chi connectivity index (χ4n) is 1.14. The first-order valence-electron chi connectivity index (χ1n) is 3.82. The van der Waals surface area contributed by atoms with E-state index in [2.05, 4.69) is 5.32 Å². The lowest BCUT2D eigenvalue weighted by Gasteiger charge is -2.07. The van der Waals surface area contributed by atoms with Crippen LogP contribution in [-0.4, -0.2) is 36.4 Å². The maximum atomic E-state index is 11.0. The average molecular weight is 196 g/mol. The molecule has 2 atom stereocenters. The molecule has 0 aromatic carbocycles. The largest absolute Gasteiger partial charge is 0.465 e. The molecular weight excluding hydrogens is 182 g/mol. The van der Waals surface area contributed by atoms with Crippen LogP contribution in [0.5, 0.6) is 0 Å². The van der Waals surface area contributed by atoms with Crippen molar-refractivity contribution in [2.45, 2.75) is 25.5 Å². The molecule has 4 nitrogen and oxygen atoms in total. The maximum absolute atomic E-state index is 11.0. The summed E-state index contributed by atoms with van der Waals surface area (Å²) in [7, 11) is 0. The first kappa shape index (κ1) is 11.7. The van der Waals surface area contributed by atoms with Crippen molar-refractivity contribution in [1.82, 2.24) is 5.32 Å². The minimum absolute atomic E-state index is 0. The van der Waals surface area contributed by atoms with Gasteiger partial charge in [-0.1, -0.05) is 0 Å². The van der Waals surface area contributed by atoms with Crippen molar-refractivity contribution in [2.75, 3.05) is 13.2 Å². The van der Waals surface area contributed by atoms with Crippen molar-refractivity contribution in [3.63, 3.8) is 0 Å². The zero-order chi connectivity index (χ0) is 8.27. The fraction of sp³-hybridized carbons (Fsp3) is 0.857. The standard InChI is InChI=1S/C7H13NO3.ClH/c1-2-11-7(10)6-3-5(9)4-8-6;/h5-6,8-9H,2-4H2,1H3;1H/t5-,6+;/m1./s1. The zero-order valence-corrected chi connectivity index (χ0v) is 7.76. The van der Waals surface area contributed by atoms with E-state index in [4.69, 9.17) is 9.84 Å². The van der Waals surface area contributed by atoms with Gasteiger partial charge in [0.25, 0.3) is 0 Å². The highest BCUT2D eigenvalue weighted by Crippen LogP contribution is 2.07. The Balaban J connectivity index is 0.00000121. The Labute approximate surface area is 77.7 Å². The van der Waals surface area contributed by atoms with Crippen LogP contribution in [0.3, 0.4) is 0 Å². The average Bonchev–Trinajstić information content (AvgIpc) is 2.36. The third-order valence-electron chi connectivity index (χ3n) is 1.68. The molecule has 1 rings (SSSR count). The summed E-state index contributed by atoms with van der Waals surface area (Å²) in [6.45, 7) is 2.65. The van der Waals surface area contributed by atoms with Gasteiger partial charge in [-0.3, -0.25) is 4.79 Å². The Hall–Kier alpha value is -0.320. The van der Waals surface area contributed by atoms with Crippen molar-refractivity contribution < 1.29 is 14.6 Å². The number of carbonyl (C=O) groups is 1. The molecule has 0 aromatic rings. The number of hydrogen-bond acceptors (Lipinski definition) is 4. The van der Waals surface area contributed by atoms with E-state index >= 15 is 0 Å². The third kappa shape index (κ3) is 2.97. The van der Waals surface area contributed by atoms with Crippen molar-refractivity contribution in [1.29, 1.82) is 0 Å². The number of carbonyl (C=O) groups excluding carboxylic acids is 1. The lowest BCUT2D eigenvalue weighted by Crippen LogP contribution is -2.32. The number of nitrogens with one attached hydrogen (secondary N) is 1. The number of rotatable bonds is 2. The van der Waals surface area contributed by atoms with Crippen LogP contribution < -0.4 is 5.32 Å². The third-order valence-corrected chi connectivity index (χ3v) is 1.68. The lowest BCUT2D eigenvalue weighted by atomic mass is 10.2. The summed E-state index contributed by atoms with van der Waals surface area (Å²) >= 11 is 0. The molecule has 72 valence electrons. The van der Waals surface area contributed by atoms with Gasteiger partial charge in [0, 0.05) is 13.0 Å². The van der Waals surface area contributed by atoms with Gasteiger partial charge in [0.1, 0.15) is 6.04 Å². The van der Waals surface area contributed by atoms with Crippen LogP contribution in [0.1, 0.15) is 13.3 Å². The second kappa shape index (κ2) is 5.35. The summed E-state index contributed by atoms with van der Waals surface area (Å²) in [5, 5.41) is 11.9. The molecule has 1 aliphatic heterocycles. The Morgan fingerprint density at radius 2 is 2.42 bits per heavy atom. The molecule has 12 heavy (non-hydrogen) atoms.